The van der Waals surface area contributed by atoms with Crippen molar-refractivity contribution in [3.63, 3.8) is 0 Å². The summed E-state index contributed by atoms with van der Waals surface area (Å²) in [6.07, 6.45) is 1.91. The van der Waals surface area contributed by atoms with Gasteiger partial charge in [0.15, 0.2) is 0 Å². The second kappa shape index (κ2) is 6.30. The summed E-state index contributed by atoms with van der Waals surface area (Å²) < 4.78 is 14.5. The van der Waals surface area contributed by atoms with Gasteiger partial charge in [-0.05, 0) is 35.0 Å². The van der Waals surface area contributed by atoms with E-state index in [1.165, 1.54) is 6.07 Å². The topological polar surface area (TPSA) is 37.8 Å². The Morgan fingerprint density at radius 1 is 1.42 bits per heavy atom. The van der Waals surface area contributed by atoms with Crippen LogP contribution < -0.4 is 5.32 Å². The molecule has 2 aromatic rings. The first-order chi connectivity index (χ1) is 9.11. The van der Waals surface area contributed by atoms with Crippen LogP contribution in [-0.2, 0) is 6.42 Å². The molecule has 0 aliphatic heterocycles. The van der Waals surface area contributed by atoms with E-state index in [-0.39, 0.29) is 12.2 Å². The number of hydrogen-bond donors (Lipinski definition) is 1. The third kappa shape index (κ3) is 3.42. The molecule has 0 saturated heterocycles. The predicted octanol–water partition coefficient (Wildman–Crippen LogP) is 4.05. The molecule has 1 aromatic carbocycles. The van der Waals surface area contributed by atoms with Crippen molar-refractivity contribution in [3.8, 4) is 0 Å². The lowest BCUT2D eigenvalue weighted by Gasteiger charge is -2.08. The SMILES string of the molecule is CCNc1nc(Cc2c(F)cccc2Cl)ncc1Br. The molecule has 3 nitrogen and oxygen atoms in total. The lowest BCUT2D eigenvalue weighted by molar-refractivity contribution is 0.612. The standard InChI is InChI=1S/C13H12BrClFN3/c1-2-17-13-9(14)7-18-12(19-13)6-8-10(15)4-3-5-11(8)16/h3-5,7H,2,6H2,1H3,(H,17,18,19). The lowest BCUT2D eigenvalue weighted by Crippen LogP contribution is -2.05. The summed E-state index contributed by atoms with van der Waals surface area (Å²) in [6, 6.07) is 4.61. The number of nitrogens with one attached hydrogen (secondary N) is 1. The molecule has 1 aromatic heterocycles. The molecule has 0 aliphatic carbocycles. The minimum Gasteiger partial charge on any atom is -0.369 e. The van der Waals surface area contributed by atoms with Gasteiger partial charge >= 0.3 is 0 Å². The molecule has 0 aliphatic rings. The normalized spacial score (nSPS) is 10.5. The molecule has 6 heteroatoms. The Hall–Kier alpha value is -1.20. The number of anilines is 1. The van der Waals surface area contributed by atoms with Gasteiger partial charge in [0.05, 0.1) is 4.47 Å². The maximum absolute atomic E-state index is 13.7. The van der Waals surface area contributed by atoms with E-state index < -0.39 is 0 Å². The molecule has 1 heterocycles. The number of rotatable bonds is 4. The van der Waals surface area contributed by atoms with Crippen molar-refractivity contribution in [3.05, 3.63) is 51.1 Å². The quantitative estimate of drug-likeness (QED) is 0.909. The van der Waals surface area contributed by atoms with E-state index in [0.717, 1.165) is 11.0 Å². The minimum atomic E-state index is -0.344. The molecule has 0 bridgehead atoms. The molecule has 0 spiro atoms. The van der Waals surface area contributed by atoms with Crippen LogP contribution >= 0.6 is 27.5 Å². The van der Waals surface area contributed by atoms with Gasteiger partial charge in [-0.1, -0.05) is 17.7 Å². The highest BCUT2D eigenvalue weighted by atomic mass is 79.9. The van der Waals surface area contributed by atoms with E-state index in [2.05, 4.69) is 31.2 Å². The van der Waals surface area contributed by atoms with E-state index in [0.29, 0.717) is 22.2 Å². The maximum atomic E-state index is 13.7. The van der Waals surface area contributed by atoms with Crippen LogP contribution in [0.1, 0.15) is 18.3 Å². The Kier molecular flexibility index (Phi) is 4.71. The van der Waals surface area contributed by atoms with Crippen LogP contribution in [0, 0.1) is 5.82 Å². The highest BCUT2D eigenvalue weighted by Crippen LogP contribution is 2.23. The van der Waals surface area contributed by atoms with E-state index in [1.807, 2.05) is 6.92 Å². The Labute approximate surface area is 124 Å². The lowest BCUT2D eigenvalue weighted by atomic mass is 10.1. The van der Waals surface area contributed by atoms with Crippen molar-refractivity contribution in [1.82, 2.24) is 9.97 Å². The third-order valence-electron chi connectivity index (χ3n) is 2.53. The zero-order valence-corrected chi connectivity index (χ0v) is 12.6. The molecular weight excluding hydrogens is 333 g/mol. The highest BCUT2D eigenvalue weighted by Gasteiger charge is 2.11. The van der Waals surface area contributed by atoms with Crippen LogP contribution in [0.4, 0.5) is 10.2 Å². The maximum Gasteiger partial charge on any atom is 0.144 e. The van der Waals surface area contributed by atoms with Crippen molar-refractivity contribution >= 4 is 33.3 Å². The van der Waals surface area contributed by atoms with Crippen LogP contribution in [-0.4, -0.2) is 16.5 Å². The first kappa shape index (κ1) is 14.2. The van der Waals surface area contributed by atoms with Gasteiger partial charge in [0.1, 0.15) is 17.5 Å². The first-order valence-corrected chi connectivity index (χ1v) is 6.97. The molecule has 100 valence electrons. The van der Waals surface area contributed by atoms with Crippen LogP contribution in [0.2, 0.25) is 5.02 Å². The van der Waals surface area contributed by atoms with Gasteiger partial charge in [0, 0.05) is 29.7 Å². The van der Waals surface area contributed by atoms with Crippen LogP contribution in [0.5, 0.6) is 0 Å². The van der Waals surface area contributed by atoms with Gasteiger partial charge < -0.3 is 5.32 Å². The van der Waals surface area contributed by atoms with Crippen LogP contribution in [0.15, 0.2) is 28.9 Å². The fraction of sp³-hybridized carbons (Fsp3) is 0.231. The molecule has 0 fully saturated rings. The van der Waals surface area contributed by atoms with E-state index in [1.54, 1.807) is 18.3 Å². The second-order valence-electron chi connectivity index (χ2n) is 3.89. The minimum absolute atomic E-state index is 0.261. The van der Waals surface area contributed by atoms with E-state index in [4.69, 9.17) is 11.6 Å². The molecule has 19 heavy (non-hydrogen) atoms. The van der Waals surface area contributed by atoms with Crippen molar-refractivity contribution in [2.75, 3.05) is 11.9 Å². The summed E-state index contributed by atoms with van der Waals surface area (Å²) in [7, 11) is 0. The van der Waals surface area contributed by atoms with Crippen molar-refractivity contribution in [1.29, 1.82) is 0 Å². The van der Waals surface area contributed by atoms with Gasteiger partial charge in [-0.2, -0.15) is 0 Å². The highest BCUT2D eigenvalue weighted by molar-refractivity contribution is 9.10. The number of aromatic nitrogens is 2. The third-order valence-corrected chi connectivity index (χ3v) is 3.47. The number of halogens is 3. The number of hydrogen-bond acceptors (Lipinski definition) is 3. The summed E-state index contributed by atoms with van der Waals surface area (Å²) >= 11 is 9.35. The Bertz CT molecular complexity index is 572. The second-order valence-corrected chi connectivity index (χ2v) is 5.15. The van der Waals surface area contributed by atoms with Crippen LogP contribution in [0.25, 0.3) is 0 Å². The van der Waals surface area contributed by atoms with Crippen molar-refractivity contribution in [2.45, 2.75) is 13.3 Å². The molecule has 0 unspecified atom stereocenters. The Morgan fingerprint density at radius 3 is 2.89 bits per heavy atom. The predicted molar refractivity (Wildman–Crippen MR) is 78.1 cm³/mol. The summed E-state index contributed by atoms with van der Waals surface area (Å²) in [4.78, 5) is 8.52. The zero-order valence-electron chi connectivity index (χ0n) is 10.3. The van der Waals surface area contributed by atoms with Gasteiger partial charge in [-0.3, -0.25) is 0 Å². The number of benzene rings is 1. The summed E-state index contributed by atoms with van der Waals surface area (Å²) in [5, 5.41) is 3.49. The summed E-state index contributed by atoms with van der Waals surface area (Å²) in [6.45, 7) is 2.72. The van der Waals surface area contributed by atoms with Gasteiger partial charge in [0.2, 0.25) is 0 Å². The monoisotopic (exact) mass is 343 g/mol. The van der Waals surface area contributed by atoms with Gasteiger partial charge in [0.25, 0.3) is 0 Å². The molecule has 1 N–H and O–H groups in total. The van der Waals surface area contributed by atoms with E-state index >= 15 is 0 Å². The van der Waals surface area contributed by atoms with Crippen molar-refractivity contribution in [2.24, 2.45) is 0 Å². The fourth-order valence-corrected chi connectivity index (χ4v) is 2.20. The fourth-order valence-electron chi connectivity index (χ4n) is 1.64. The zero-order chi connectivity index (χ0) is 13.8. The first-order valence-electron chi connectivity index (χ1n) is 5.80. The molecule has 2 rings (SSSR count). The summed E-state index contributed by atoms with van der Waals surface area (Å²) in [5.41, 5.74) is 0.411. The smallest absolute Gasteiger partial charge is 0.144 e. The largest absolute Gasteiger partial charge is 0.369 e. The van der Waals surface area contributed by atoms with Gasteiger partial charge in [-0.15, -0.1) is 0 Å². The summed E-state index contributed by atoms with van der Waals surface area (Å²) in [5.74, 6) is 0.870. The number of nitrogens with zero attached hydrogens (tertiary/aromatic N) is 2. The molecule has 0 saturated carbocycles. The van der Waals surface area contributed by atoms with Crippen molar-refractivity contribution < 1.29 is 4.39 Å². The average Bonchev–Trinajstić information content (AvgIpc) is 2.38. The molecular formula is C13H12BrClFN3. The van der Waals surface area contributed by atoms with E-state index in [9.17, 15) is 4.39 Å². The molecule has 0 radical (unpaired) electrons. The van der Waals surface area contributed by atoms with Crippen LogP contribution in [0.3, 0.4) is 0 Å². The van der Waals surface area contributed by atoms with Gasteiger partial charge in [-0.25, -0.2) is 14.4 Å². The molecule has 0 atom stereocenters. The average molecular weight is 345 g/mol. The Morgan fingerprint density at radius 2 is 2.21 bits per heavy atom. The Balaban J connectivity index is 2.31. The molecule has 0 amide bonds.